The second-order valence-electron chi connectivity index (χ2n) is 7.22. The van der Waals surface area contributed by atoms with Crippen LogP contribution in [0, 0.1) is 0 Å². The standard InChI is InChI=1S/C19H24N4O2S2/c1-27(24,25)19-22-17(18(20)26-19)8-11-23-9-6-13(7-10-23)15-12-21-16-5-3-2-4-14(15)16/h2-5,12-13,21H,6-11,20H2,1H3. The summed E-state index contributed by atoms with van der Waals surface area (Å²) in [5.41, 5.74) is 9.30. The number of fused-ring (bicyclic) bond motifs is 1. The molecule has 27 heavy (non-hydrogen) atoms. The minimum Gasteiger partial charge on any atom is -0.389 e. The van der Waals surface area contributed by atoms with Crippen molar-refractivity contribution < 1.29 is 8.42 Å². The number of sulfone groups is 1. The normalized spacial score (nSPS) is 16.9. The highest BCUT2D eigenvalue weighted by molar-refractivity contribution is 7.92. The zero-order valence-electron chi connectivity index (χ0n) is 15.3. The van der Waals surface area contributed by atoms with Crippen LogP contribution in [-0.2, 0) is 16.3 Å². The van der Waals surface area contributed by atoms with Crippen molar-refractivity contribution in [1.82, 2.24) is 14.9 Å². The van der Waals surface area contributed by atoms with Gasteiger partial charge in [0.05, 0.1) is 5.69 Å². The summed E-state index contributed by atoms with van der Waals surface area (Å²) >= 11 is 1.06. The minimum atomic E-state index is -3.29. The van der Waals surface area contributed by atoms with Crippen LogP contribution in [-0.4, -0.2) is 49.2 Å². The van der Waals surface area contributed by atoms with Gasteiger partial charge in [0.15, 0.2) is 0 Å². The lowest BCUT2D eigenvalue weighted by molar-refractivity contribution is 0.214. The highest BCUT2D eigenvalue weighted by Crippen LogP contribution is 2.33. The lowest BCUT2D eigenvalue weighted by Crippen LogP contribution is -2.34. The first kappa shape index (κ1) is 18.5. The van der Waals surface area contributed by atoms with E-state index in [-0.39, 0.29) is 4.34 Å². The fraction of sp³-hybridized carbons (Fsp3) is 0.421. The Morgan fingerprint density at radius 1 is 1.30 bits per heavy atom. The maximum Gasteiger partial charge on any atom is 0.211 e. The molecule has 144 valence electrons. The number of hydrogen-bond acceptors (Lipinski definition) is 6. The Kier molecular flexibility index (Phi) is 4.96. The van der Waals surface area contributed by atoms with E-state index in [1.165, 1.54) is 22.7 Å². The molecule has 0 aliphatic carbocycles. The number of aromatic amines is 1. The fourth-order valence-electron chi connectivity index (χ4n) is 3.84. The fourth-order valence-corrected chi connectivity index (χ4v) is 5.60. The van der Waals surface area contributed by atoms with Crippen molar-refractivity contribution in [2.75, 3.05) is 31.6 Å². The van der Waals surface area contributed by atoms with E-state index in [1.807, 2.05) is 0 Å². The summed E-state index contributed by atoms with van der Waals surface area (Å²) in [4.78, 5) is 10.0. The van der Waals surface area contributed by atoms with E-state index in [1.54, 1.807) is 0 Å². The van der Waals surface area contributed by atoms with Gasteiger partial charge in [-0.25, -0.2) is 13.4 Å². The molecule has 0 spiro atoms. The molecule has 0 atom stereocenters. The topological polar surface area (TPSA) is 92.1 Å². The van der Waals surface area contributed by atoms with Gasteiger partial charge in [-0.1, -0.05) is 29.5 Å². The zero-order chi connectivity index (χ0) is 19.0. The number of H-pyrrole nitrogens is 1. The Morgan fingerprint density at radius 2 is 2.04 bits per heavy atom. The van der Waals surface area contributed by atoms with E-state index in [0.717, 1.165) is 43.8 Å². The van der Waals surface area contributed by atoms with Crippen LogP contribution in [0.25, 0.3) is 10.9 Å². The number of nitrogens with zero attached hydrogens (tertiary/aromatic N) is 2. The molecule has 3 aromatic rings. The molecule has 0 bridgehead atoms. The Bertz CT molecular complexity index is 1050. The number of para-hydroxylation sites is 1. The molecular formula is C19H24N4O2S2. The van der Waals surface area contributed by atoms with Crippen LogP contribution in [0.5, 0.6) is 0 Å². The second-order valence-corrected chi connectivity index (χ2v) is 10.4. The van der Waals surface area contributed by atoms with Crippen LogP contribution in [0.2, 0.25) is 0 Å². The van der Waals surface area contributed by atoms with Crippen LogP contribution in [0.15, 0.2) is 34.8 Å². The first-order valence-electron chi connectivity index (χ1n) is 9.15. The first-order chi connectivity index (χ1) is 12.9. The molecule has 0 amide bonds. The third-order valence-corrected chi connectivity index (χ3v) is 7.94. The van der Waals surface area contributed by atoms with Gasteiger partial charge in [0.2, 0.25) is 14.2 Å². The van der Waals surface area contributed by atoms with Gasteiger partial charge in [0, 0.05) is 36.3 Å². The maximum absolute atomic E-state index is 11.6. The summed E-state index contributed by atoms with van der Waals surface area (Å²) in [5.74, 6) is 0.582. The van der Waals surface area contributed by atoms with Gasteiger partial charge in [0.25, 0.3) is 0 Å². The van der Waals surface area contributed by atoms with Crippen molar-refractivity contribution in [3.63, 3.8) is 0 Å². The molecule has 1 aliphatic rings. The molecule has 0 radical (unpaired) electrons. The second kappa shape index (κ2) is 7.26. The van der Waals surface area contributed by atoms with E-state index in [2.05, 4.69) is 45.3 Å². The van der Waals surface area contributed by atoms with Gasteiger partial charge < -0.3 is 15.6 Å². The number of hydrogen-bond donors (Lipinski definition) is 2. The van der Waals surface area contributed by atoms with Crippen LogP contribution in [0.4, 0.5) is 5.00 Å². The number of nitrogen functional groups attached to an aromatic ring is 1. The van der Waals surface area contributed by atoms with Crippen LogP contribution < -0.4 is 5.73 Å². The largest absolute Gasteiger partial charge is 0.389 e. The Labute approximate surface area is 163 Å². The molecule has 0 unspecified atom stereocenters. The first-order valence-corrected chi connectivity index (χ1v) is 11.9. The predicted octanol–water partition coefficient (Wildman–Crippen LogP) is 3.03. The molecule has 4 rings (SSSR count). The van der Waals surface area contributed by atoms with Crippen LogP contribution in [0.1, 0.15) is 30.0 Å². The summed E-state index contributed by atoms with van der Waals surface area (Å²) in [6.45, 7) is 2.93. The smallest absolute Gasteiger partial charge is 0.211 e. The maximum atomic E-state index is 11.6. The van der Waals surface area contributed by atoms with Gasteiger partial charge in [-0.15, -0.1) is 0 Å². The third-order valence-electron chi connectivity index (χ3n) is 5.34. The van der Waals surface area contributed by atoms with E-state index in [9.17, 15) is 8.42 Å². The van der Waals surface area contributed by atoms with Gasteiger partial charge in [-0.2, -0.15) is 0 Å². The number of likely N-dealkylation sites (tertiary alicyclic amines) is 1. The highest BCUT2D eigenvalue weighted by Gasteiger charge is 2.23. The molecule has 1 aromatic carbocycles. The quantitative estimate of drug-likeness (QED) is 0.682. The average Bonchev–Trinajstić information content (AvgIpc) is 3.24. The van der Waals surface area contributed by atoms with E-state index in [4.69, 9.17) is 5.73 Å². The van der Waals surface area contributed by atoms with E-state index in [0.29, 0.717) is 23.0 Å². The summed E-state index contributed by atoms with van der Waals surface area (Å²) in [7, 11) is -3.29. The molecule has 1 fully saturated rings. The monoisotopic (exact) mass is 404 g/mol. The molecule has 1 saturated heterocycles. The summed E-state index contributed by atoms with van der Waals surface area (Å²) in [6.07, 6.45) is 6.28. The zero-order valence-corrected chi connectivity index (χ0v) is 16.9. The molecule has 6 nitrogen and oxygen atoms in total. The number of benzene rings is 1. The van der Waals surface area contributed by atoms with Gasteiger partial charge in [-0.3, -0.25) is 0 Å². The summed E-state index contributed by atoms with van der Waals surface area (Å²) < 4.78 is 23.4. The van der Waals surface area contributed by atoms with Gasteiger partial charge >= 0.3 is 0 Å². The molecule has 2 aromatic heterocycles. The Morgan fingerprint density at radius 3 is 2.74 bits per heavy atom. The number of nitrogens with two attached hydrogens (primary N) is 1. The number of nitrogens with one attached hydrogen (secondary N) is 1. The summed E-state index contributed by atoms with van der Waals surface area (Å²) in [6, 6.07) is 8.47. The van der Waals surface area contributed by atoms with E-state index < -0.39 is 9.84 Å². The lowest BCUT2D eigenvalue weighted by atomic mass is 9.89. The number of anilines is 1. The number of aromatic nitrogens is 2. The number of thiazole rings is 1. The van der Waals surface area contributed by atoms with Crippen molar-refractivity contribution in [2.24, 2.45) is 0 Å². The van der Waals surface area contributed by atoms with Crippen LogP contribution in [0.3, 0.4) is 0 Å². The summed E-state index contributed by atoms with van der Waals surface area (Å²) in [5, 5.41) is 1.85. The Hall–Kier alpha value is -1.90. The average molecular weight is 405 g/mol. The number of rotatable bonds is 5. The van der Waals surface area contributed by atoms with Crippen molar-refractivity contribution in [2.45, 2.75) is 29.5 Å². The van der Waals surface area contributed by atoms with Crippen molar-refractivity contribution >= 4 is 37.1 Å². The molecule has 3 N–H and O–H groups in total. The SMILES string of the molecule is CS(=O)(=O)c1nc(CCN2CCC(c3c[nH]c4ccccc34)CC2)c(N)s1. The van der Waals surface area contributed by atoms with Gasteiger partial charge in [0.1, 0.15) is 5.00 Å². The molecule has 3 heterocycles. The Balaban J connectivity index is 1.36. The molecular weight excluding hydrogens is 380 g/mol. The molecule has 8 heteroatoms. The lowest BCUT2D eigenvalue weighted by Gasteiger charge is -2.31. The van der Waals surface area contributed by atoms with Crippen molar-refractivity contribution in [3.8, 4) is 0 Å². The van der Waals surface area contributed by atoms with Crippen molar-refractivity contribution in [1.29, 1.82) is 0 Å². The van der Waals surface area contributed by atoms with Crippen molar-refractivity contribution in [3.05, 3.63) is 41.7 Å². The predicted molar refractivity (Wildman–Crippen MR) is 110 cm³/mol. The molecule has 0 saturated carbocycles. The van der Waals surface area contributed by atoms with E-state index >= 15 is 0 Å². The minimum absolute atomic E-state index is 0.119. The van der Waals surface area contributed by atoms with Crippen LogP contribution >= 0.6 is 11.3 Å². The highest BCUT2D eigenvalue weighted by atomic mass is 32.2. The van der Waals surface area contributed by atoms with Gasteiger partial charge in [-0.05, 0) is 43.5 Å². The number of piperidine rings is 1. The third kappa shape index (κ3) is 3.88. The molecule has 1 aliphatic heterocycles.